The highest BCUT2D eigenvalue weighted by molar-refractivity contribution is 7.93. The standard InChI is InChI=1S/C20H29N3O4S/c1-2-26-18-9-8-16-17(23-12-11-21-14-23)10-13-27-20(16)19(18)22-28(24,25)15-6-4-3-5-7-15/h8-9,14-15,17,22H,2-7,10-13H2,1H3. The SMILES string of the molecule is CCOc1ccc2c(c1NS(=O)(=O)C1CCCCC1)OCCC2N1C=NCC1. The molecule has 1 atom stereocenters. The van der Waals surface area contributed by atoms with Gasteiger partial charge < -0.3 is 14.4 Å². The van der Waals surface area contributed by atoms with Crippen LogP contribution in [0, 0.1) is 0 Å². The lowest BCUT2D eigenvalue weighted by molar-refractivity contribution is 0.210. The largest absolute Gasteiger partial charge is 0.492 e. The lowest BCUT2D eigenvalue weighted by atomic mass is 9.98. The van der Waals surface area contributed by atoms with Crippen molar-refractivity contribution < 1.29 is 17.9 Å². The lowest BCUT2D eigenvalue weighted by Gasteiger charge is -2.34. The molecule has 0 amide bonds. The molecule has 8 heteroatoms. The summed E-state index contributed by atoms with van der Waals surface area (Å²) in [5.74, 6) is 1.12. The zero-order valence-corrected chi connectivity index (χ0v) is 17.2. The van der Waals surface area contributed by atoms with Crippen LogP contribution in [0.1, 0.15) is 57.1 Å². The number of ether oxygens (including phenoxy) is 2. The van der Waals surface area contributed by atoms with Crippen molar-refractivity contribution in [3.63, 3.8) is 0 Å². The number of hydrogen-bond donors (Lipinski definition) is 1. The molecule has 1 aromatic carbocycles. The van der Waals surface area contributed by atoms with E-state index in [0.29, 0.717) is 43.2 Å². The summed E-state index contributed by atoms with van der Waals surface area (Å²) in [6, 6.07) is 3.99. The molecule has 1 fully saturated rings. The van der Waals surface area contributed by atoms with E-state index in [0.717, 1.165) is 44.3 Å². The van der Waals surface area contributed by atoms with Crippen molar-refractivity contribution in [2.45, 2.75) is 56.7 Å². The first kappa shape index (κ1) is 19.4. The number of benzene rings is 1. The number of sulfonamides is 1. The molecule has 1 aromatic rings. The Bertz CT molecular complexity index is 834. The van der Waals surface area contributed by atoms with Crippen molar-refractivity contribution in [3.05, 3.63) is 17.7 Å². The summed E-state index contributed by atoms with van der Waals surface area (Å²) in [6.45, 7) is 4.56. The van der Waals surface area contributed by atoms with Crippen LogP contribution in [0.3, 0.4) is 0 Å². The van der Waals surface area contributed by atoms with Gasteiger partial charge in [0.25, 0.3) is 0 Å². The van der Waals surface area contributed by atoms with E-state index in [2.05, 4.69) is 14.6 Å². The monoisotopic (exact) mass is 407 g/mol. The molecular weight excluding hydrogens is 378 g/mol. The molecule has 0 spiro atoms. The smallest absolute Gasteiger partial charge is 0.235 e. The van der Waals surface area contributed by atoms with Crippen molar-refractivity contribution in [2.24, 2.45) is 4.99 Å². The van der Waals surface area contributed by atoms with E-state index in [4.69, 9.17) is 9.47 Å². The van der Waals surface area contributed by atoms with Crippen LogP contribution in [0.25, 0.3) is 0 Å². The molecule has 2 heterocycles. The van der Waals surface area contributed by atoms with Crippen molar-refractivity contribution in [3.8, 4) is 11.5 Å². The van der Waals surface area contributed by atoms with E-state index in [1.165, 1.54) is 0 Å². The van der Waals surface area contributed by atoms with Gasteiger partial charge in [0.05, 0.1) is 37.4 Å². The van der Waals surface area contributed by atoms with Crippen molar-refractivity contribution >= 4 is 22.0 Å². The summed E-state index contributed by atoms with van der Waals surface area (Å²) in [6.07, 6.45) is 7.19. The highest BCUT2D eigenvalue weighted by Crippen LogP contribution is 2.46. The van der Waals surface area contributed by atoms with Crippen molar-refractivity contribution in [1.82, 2.24) is 4.90 Å². The van der Waals surface area contributed by atoms with Crippen LogP contribution in [0.5, 0.6) is 11.5 Å². The van der Waals surface area contributed by atoms with Gasteiger partial charge >= 0.3 is 0 Å². The lowest BCUT2D eigenvalue weighted by Crippen LogP contribution is -2.32. The highest BCUT2D eigenvalue weighted by Gasteiger charge is 2.34. The van der Waals surface area contributed by atoms with Crippen LogP contribution in [0.15, 0.2) is 17.1 Å². The maximum Gasteiger partial charge on any atom is 0.235 e. The minimum absolute atomic E-state index is 0.142. The Hall–Kier alpha value is -1.96. The van der Waals surface area contributed by atoms with Gasteiger partial charge in [-0.3, -0.25) is 9.71 Å². The second-order valence-corrected chi connectivity index (χ2v) is 9.57. The van der Waals surface area contributed by atoms with Crippen LogP contribution in [-0.4, -0.2) is 51.2 Å². The zero-order chi connectivity index (χ0) is 19.6. The van der Waals surface area contributed by atoms with Gasteiger partial charge in [0.2, 0.25) is 10.0 Å². The number of nitrogens with one attached hydrogen (secondary N) is 1. The molecule has 28 heavy (non-hydrogen) atoms. The quantitative estimate of drug-likeness (QED) is 0.782. The molecule has 7 nitrogen and oxygen atoms in total. The Kier molecular flexibility index (Phi) is 5.66. The second kappa shape index (κ2) is 8.19. The number of anilines is 1. The fourth-order valence-electron chi connectivity index (χ4n) is 4.37. The van der Waals surface area contributed by atoms with Crippen LogP contribution in [0.4, 0.5) is 5.69 Å². The van der Waals surface area contributed by atoms with Crippen molar-refractivity contribution in [2.75, 3.05) is 31.0 Å². The molecule has 154 valence electrons. The van der Waals surface area contributed by atoms with Gasteiger partial charge in [0.15, 0.2) is 5.75 Å². The zero-order valence-electron chi connectivity index (χ0n) is 16.4. The average molecular weight is 408 g/mol. The number of rotatable bonds is 6. The first-order valence-electron chi connectivity index (χ1n) is 10.3. The Balaban J connectivity index is 1.70. The Morgan fingerprint density at radius 1 is 1.25 bits per heavy atom. The first-order valence-corrected chi connectivity index (χ1v) is 11.8. The number of aliphatic imine (C=N–C) groups is 1. The number of hydrogen-bond acceptors (Lipinski definition) is 6. The molecule has 1 N–H and O–H groups in total. The third-order valence-corrected chi connectivity index (χ3v) is 7.64. The van der Waals surface area contributed by atoms with Gasteiger partial charge in [-0.1, -0.05) is 19.3 Å². The topological polar surface area (TPSA) is 80.2 Å². The highest BCUT2D eigenvalue weighted by atomic mass is 32.2. The molecular formula is C20H29N3O4S. The van der Waals surface area contributed by atoms with E-state index < -0.39 is 10.0 Å². The number of fused-ring (bicyclic) bond motifs is 1. The van der Waals surface area contributed by atoms with Gasteiger partial charge in [-0.2, -0.15) is 0 Å². The molecule has 4 rings (SSSR count). The van der Waals surface area contributed by atoms with Crippen LogP contribution in [-0.2, 0) is 10.0 Å². The van der Waals surface area contributed by atoms with Gasteiger partial charge in [-0.15, -0.1) is 0 Å². The van der Waals surface area contributed by atoms with E-state index in [9.17, 15) is 8.42 Å². The Labute approximate surface area is 167 Å². The van der Waals surface area contributed by atoms with Crippen LogP contribution >= 0.6 is 0 Å². The summed E-state index contributed by atoms with van der Waals surface area (Å²) in [4.78, 5) is 6.54. The second-order valence-electron chi connectivity index (χ2n) is 7.61. The molecule has 2 aliphatic heterocycles. The third-order valence-electron chi connectivity index (χ3n) is 5.80. The van der Waals surface area contributed by atoms with Crippen LogP contribution in [0.2, 0.25) is 0 Å². The summed E-state index contributed by atoms with van der Waals surface area (Å²) in [5, 5.41) is -0.350. The molecule has 3 aliphatic rings. The molecule has 0 bridgehead atoms. The summed E-state index contributed by atoms with van der Waals surface area (Å²) in [7, 11) is -3.50. The van der Waals surface area contributed by atoms with Gasteiger partial charge in [0.1, 0.15) is 11.4 Å². The molecule has 0 radical (unpaired) electrons. The van der Waals surface area contributed by atoms with Crippen LogP contribution < -0.4 is 14.2 Å². The van der Waals surface area contributed by atoms with Gasteiger partial charge in [-0.25, -0.2) is 8.42 Å². The van der Waals surface area contributed by atoms with Gasteiger partial charge in [-0.05, 0) is 31.9 Å². The Morgan fingerprint density at radius 2 is 2.07 bits per heavy atom. The third kappa shape index (κ3) is 3.79. The van der Waals surface area contributed by atoms with E-state index in [-0.39, 0.29) is 11.3 Å². The molecule has 0 saturated heterocycles. The average Bonchev–Trinajstić information content (AvgIpc) is 3.24. The Morgan fingerprint density at radius 3 is 2.79 bits per heavy atom. The number of nitrogens with zero attached hydrogens (tertiary/aromatic N) is 2. The van der Waals surface area contributed by atoms with Crippen molar-refractivity contribution in [1.29, 1.82) is 0 Å². The minimum Gasteiger partial charge on any atom is -0.492 e. The molecule has 0 aromatic heterocycles. The predicted octanol–water partition coefficient (Wildman–Crippen LogP) is 3.33. The minimum atomic E-state index is -3.50. The molecule has 1 aliphatic carbocycles. The fourth-order valence-corrected chi connectivity index (χ4v) is 5.97. The molecule has 1 saturated carbocycles. The van der Waals surface area contributed by atoms with Gasteiger partial charge in [0, 0.05) is 18.5 Å². The summed E-state index contributed by atoms with van der Waals surface area (Å²) < 4.78 is 40.7. The maximum absolute atomic E-state index is 13.1. The summed E-state index contributed by atoms with van der Waals surface area (Å²) in [5.41, 5.74) is 1.44. The normalized spacial score (nSPS) is 22.6. The predicted molar refractivity (Wildman–Crippen MR) is 110 cm³/mol. The summed E-state index contributed by atoms with van der Waals surface area (Å²) >= 11 is 0. The molecule has 1 unspecified atom stereocenters. The first-order chi connectivity index (χ1) is 13.6. The van der Waals surface area contributed by atoms with E-state index >= 15 is 0 Å². The van der Waals surface area contributed by atoms with E-state index in [1.807, 2.05) is 25.4 Å². The maximum atomic E-state index is 13.1. The van der Waals surface area contributed by atoms with E-state index in [1.54, 1.807) is 0 Å². The fraction of sp³-hybridized carbons (Fsp3) is 0.650.